The van der Waals surface area contributed by atoms with E-state index >= 15 is 0 Å². The van der Waals surface area contributed by atoms with Gasteiger partial charge in [-0.2, -0.15) is 0 Å². The lowest BCUT2D eigenvalue weighted by Gasteiger charge is -2.24. The zero-order chi connectivity index (χ0) is 18.1. The van der Waals surface area contributed by atoms with Gasteiger partial charge in [-0.05, 0) is 25.0 Å². The van der Waals surface area contributed by atoms with Crippen molar-refractivity contribution in [2.75, 3.05) is 18.0 Å². The predicted molar refractivity (Wildman–Crippen MR) is 108 cm³/mol. The Morgan fingerprint density at radius 2 is 2.04 bits per heavy atom. The predicted octanol–water partition coefficient (Wildman–Crippen LogP) is 4.50. The fraction of sp³-hybridized carbons (Fsp3) is 0.333. The van der Waals surface area contributed by atoms with Crippen molar-refractivity contribution in [3.05, 3.63) is 46.8 Å². The van der Waals surface area contributed by atoms with E-state index in [-0.39, 0.29) is 6.04 Å². The SMILES string of the molecule is NC1CCCCN(c2ncc(Sc3cccc(Cl)c3Cl)c3nccn23)C1. The van der Waals surface area contributed by atoms with Crippen molar-refractivity contribution in [1.82, 2.24) is 14.4 Å². The highest BCUT2D eigenvalue weighted by molar-refractivity contribution is 7.99. The van der Waals surface area contributed by atoms with Gasteiger partial charge in [0.2, 0.25) is 5.95 Å². The molecule has 2 aromatic heterocycles. The zero-order valence-corrected chi connectivity index (χ0v) is 16.4. The molecule has 5 nitrogen and oxygen atoms in total. The monoisotopic (exact) mass is 407 g/mol. The Hall–Kier alpha value is -1.47. The third kappa shape index (κ3) is 3.51. The summed E-state index contributed by atoms with van der Waals surface area (Å²) in [5.41, 5.74) is 7.07. The van der Waals surface area contributed by atoms with E-state index in [0.29, 0.717) is 10.0 Å². The maximum Gasteiger partial charge on any atom is 0.211 e. The molecule has 0 aliphatic carbocycles. The lowest BCUT2D eigenvalue weighted by molar-refractivity contribution is 0.617. The summed E-state index contributed by atoms with van der Waals surface area (Å²) in [4.78, 5) is 13.3. The molecule has 1 unspecified atom stereocenters. The Morgan fingerprint density at radius 3 is 2.92 bits per heavy atom. The fourth-order valence-corrected chi connectivity index (χ4v) is 4.63. The molecule has 1 aromatic carbocycles. The molecule has 1 fully saturated rings. The molecule has 3 heterocycles. The number of aromatic nitrogens is 3. The molecule has 1 saturated heterocycles. The number of hydrogen-bond donors (Lipinski definition) is 1. The average Bonchev–Trinajstić information content (AvgIpc) is 3.02. The van der Waals surface area contributed by atoms with E-state index in [4.69, 9.17) is 33.9 Å². The van der Waals surface area contributed by atoms with Crippen LogP contribution in [0.2, 0.25) is 10.0 Å². The van der Waals surface area contributed by atoms with Crippen molar-refractivity contribution < 1.29 is 0 Å². The lowest BCUT2D eigenvalue weighted by atomic mass is 10.2. The first kappa shape index (κ1) is 17.9. The smallest absolute Gasteiger partial charge is 0.211 e. The number of anilines is 1. The molecule has 1 atom stereocenters. The van der Waals surface area contributed by atoms with Crippen LogP contribution in [0.15, 0.2) is 46.6 Å². The number of benzene rings is 1. The van der Waals surface area contributed by atoms with Crippen LogP contribution in [0.5, 0.6) is 0 Å². The summed E-state index contributed by atoms with van der Waals surface area (Å²) in [5.74, 6) is 0.886. The number of imidazole rings is 1. The van der Waals surface area contributed by atoms with E-state index < -0.39 is 0 Å². The molecule has 4 rings (SSSR count). The molecule has 1 aliphatic rings. The average molecular weight is 408 g/mol. The van der Waals surface area contributed by atoms with Crippen LogP contribution in [0, 0.1) is 0 Å². The first-order chi connectivity index (χ1) is 12.6. The number of nitrogens with zero attached hydrogens (tertiary/aromatic N) is 4. The van der Waals surface area contributed by atoms with Crippen LogP contribution in [-0.4, -0.2) is 33.5 Å². The van der Waals surface area contributed by atoms with Gasteiger partial charge in [-0.15, -0.1) is 0 Å². The number of rotatable bonds is 3. The van der Waals surface area contributed by atoms with Crippen LogP contribution in [-0.2, 0) is 0 Å². The minimum atomic E-state index is 0.178. The van der Waals surface area contributed by atoms with E-state index in [1.807, 2.05) is 28.9 Å². The van der Waals surface area contributed by atoms with Gasteiger partial charge in [-0.25, -0.2) is 9.97 Å². The summed E-state index contributed by atoms with van der Waals surface area (Å²) < 4.78 is 2.03. The molecule has 26 heavy (non-hydrogen) atoms. The van der Waals surface area contributed by atoms with Crippen LogP contribution in [0.25, 0.3) is 5.65 Å². The summed E-state index contributed by atoms with van der Waals surface area (Å²) >= 11 is 14.0. The third-order valence-electron chi connectivity index (χ3n) is 4.50. The van der Waals surface area contributed by atoms with Gasteiger partial charge in [0.1, 0.15) is 0 Å². The van der Waals surface area contributed by atoms with E-state index in [1.165, 1.54) is 11.8 Å². The molecule has 2 N–H and O–H groups in total. The second-order valence-electron chi connectivity index (χ2n) is 6.40. The van der Waals surface area contributed by atoms with Crippen LogP contribution in [0.4, 0.5) is 5.95 Å². The van der Waals surface area contributed by atoms with Crippen molar-refractivity contribution >= 4 is 46.6 Å². The molecule has 3 aromatic rings. The molecule has 0 spiro atoms. The Kier molecular flexibility index (Phi) is 5.27. The summed E-state index contributed by atoms with van der Waals surface area (Å²) in [5, 5.41) is 1.09. The van der Waals surface area contributed by atoms with Gasteiger partial charge < -0.3 is 10.6 Å². The van der Waals surface area contributed by atoms with Crippen LogP contribution >= 0.6 is 35.0 Å². The van der Waals surface area contributed by atoms with E-state index in [1.54, 1.807) is 12.3 Å². The van der Waals surface area contributed by atoms with Crippen molar-refractivity contribution in [2.24, 2.45) is 5.73 Å². The van der Waals surface area contributed by atoms with Crippen molar-refractivity contribution in [2.45, 2.75) is 35.1 Å². The first-order valence-corrected chi connectivity index (χ1v) is 10.1. The van der Waals surface area contributed by atoms with Crippen LogP contribution < -0.4 is 10.6 Å². The minimum absolute atomic E-state index is 0.178. The van der Waals surface area contributed by atoms with Gasteiger partial charge >= 0.3 is 0 Å². The van der Waals surface area contributed by atoms with Gasteiger partial charge in [0.25, 0.3) is 0 Å². The van der Waals surface area contributed by atoms with E-state index in [0.717, 1.165) is 53.7 Å². The minimum Gasteiger partial charge on any atom is -0.340 e. The molecule has 0 bridgehead atoms. The molecule has 0 radical (unpaired) electrons. The summed E-state index contributed by atoms with van der Waals surface area (Å²) in [6, 6.07) is 5.79. The first-order valence-electron chi connectivity index (χ1n) is 8.58. The van der Waals surface area contributed by atoms with Gasteiger partial charge in [0, 0.05) is 42.6 Å². The summed E-state index contributed by atoms with van der Waals surface area (Å²) in [6.45, 7) is 1.77. The second-order valence-corrected chi connectivity index (χ2v) is 8.27. The maximum atomic E-state index is 6.33. The number of hydrogen-bond acceptors (Lipinski definition) is 5. The Labute approximate surface area is 166 Å². The second kappa shape index (κ2) is 7.64. The number of nitrogens with two attached hydrogens (primary N) is 1. The largest absolute Gasteiger partial charge is 0.340 e. The normalized spacial score (nSPS) is 18.3. The third-order valence-corrected chi connectivity index (χ3v) is 6.50. The lowest BCUT2D eigenvalue weighted by Crippen LogP contribution is -2.37. The Bertz CT molecular complexity index is 929. The topological polar surface area (TPSA) is 59.5 Å². The summed E-state index contributed by atoms with van der Waals surface area (Å²) in [6.07, 6.45) is 8.94. The van der Waals surface area contributed by atoms with Crippen molar-refractivity contribution in [3.63, 3.8) is 0 Å². The molecular formula is C18H19Cl2N5S. The van der Waals surface area contributed by atoms with Crippen molar-refractivity contribution in [3.8, 4) is 0 Å². The van der Waals surface area contributed by atoms with Crippen LogP contribution in [0.3, 0.4) is 0 Å². The van der Waals surface area contributed by atoms with Gasteiger partial charge in [0.15, 0.2) is 5.65 Å². The Balaban J connectivity index is 1.71. The standard InChI is InChI=1S/C18H19Cl2N5S/c19-13-5-3-6-14(16(13)20)26-15-10-23-18(25-9-7-22-17(15)25)24-8-2-1-4-12(21)11-24/h3,5-7,9-10,12H,1-2,4,8,11,21H2. The van der Waals surface area contributed by atoms with Crippen LogP contribution in [0.1, 0.15) is 19.3 Å². The molecule has 8 heteroatoms. The van der Waals surface area contributed by atoms with Gasteiger partial charge in [-0.1, -0.05) is 47.5 Å². The quantitative estimate of drug-likeness (QED) is 0.691. The van der Waals surface area contributed by atoms with Crippen molar-refractivity contribution in [1.29, 1.82) is 0 Å². The molecule has 136 valence electrons. The number of halogens is 2. The molecule has 0 amide bonds. The highest BCUT2D eigenvalue weighted by atomic mass is 35.5. The molecule has 0 saturated carbocycles. The zero-order valence-electron chi connectivity index (χ0n) is 14.1. The summed E-state index contributed by atoms with van der Waals surface area (Å²) in [7, 11) is 0. The fourth-order valence-electron chi connectivity index (χ4n) is 3.23. The molecular weight excluding hydrogens is 389 g/mol. The highest BCUT2D eigenvalue weighted by Gasteiger charge is 2.20. The van der Waals surface area contributed by atoms with E-state index in [9.17, 15) is 0 Å². The Morgan fingerprint density at radius 1 is 1.15 bits per heavy atom. The van der Waals surface area contributed by atoms with Gasteiger partial charge in [-0.3, -0.25) is 4.40 Å². The number of fused-ring (bicyclic) bond motifs is 1. The molecule has 1 aliphatic heterocycles. The maximum absolute atomic E-state index is 6.33. The van der Waals surface area contributed by atoms with E-state index in [2.05, 4.69) is 9.88 Å². The highest BCUT2D eigenvalue weighted by Crippen LogP contribution is 2.38. The van der Waals surface area contributed by atoms with Gasteiger partial charge in [0.05, 0.1) is 14.9 Å².